The molecule has 4 rings (SSSR count). The zero-order chi connectivity index (χ0) is 24.8. The van der Waals surface area contributed by atoms with E-state index in [1.54, 1.807) is 79.4 Å². The largest absolute Gasteiger partial charge is 0.526 e. The third kappa shape index (κ3) is 4.47. The van der Waals surface area contributed by atoms with E-state index in [2.05, 4.69) is 15.3 Å². The molecule has 8 heteroatoms. The number of hydrogen-bond donors (Lipinski definition) is 2. The van der Waals surface area contributed by atoms with Gasteiger partial charge in [0.2, 0.25) is 0 Å². The van der Waals surface area contributed by atoms with E-state index < -0.39 is 12.1 Å². The van der Waals surface area contributed by atoms with Crippen LogP contribution in [0, 0.1) is 0 Å². The van der Waals surface area contributed by atoms with Crippen LogP contribution in [-0.4, -0.2) is 34.2 Å². The lowest BCUT2D eigenvalue weighted by Gasteiger charge is -2.37. The van der Waals surface area contributed by atoms with Crippen molar-refractivity contribution in [2.75, 3.05) is 12.4 Å². The number of phenols is 1. The maximum atomic E-state index is 13.5. The number of ether oxygens (including phenoxy) is 1. The minimum absolute atomic E-state index is 0.0146. The number of benzene rings is 2. The lowest BCUT2D eigenvalue weighted by Crippen LogP contribution is -2.51. The predicted molar refractivity (Wildman–Crippen MR) is 133 cm³/mol. The third-order valence-electron chi connectivity index (χ3n) is 5.96. The summed E-state index contributed by atoms with van der Waals surface area (Å²) in [4.78, 5) is 34.7. The molecule has 0 saturated carbocycles. The first-order valence-corrected chi connectivity index (χ1v) is 11.0. The number of anilines is 1. The number of rotatable bonds is 6. The molecule has 4 aromatic rings. The van der Waals surface area contributed by atoms with Crippen LogP contribution in [0.1, 0.15) is 28.9 Å². The Bertz CT molecular complexity index is 1270. The van der Waals surface area contributed by atoms with Gasteiger partial charge < -0.3 is 15.2 Å². The van der Waals surface area contributed by atoms with Crippen LogP contribution in [0.15, 0.2) is 97.6 Å². The van der Waals surface area contributed by atoms with Crippen LogP contribution in [-0.2, 0) is 4.74 Å². The molecule has 0 aliphatic heterocycles. The Morgan fingerprint density at radius 2 is 1.49 bits per heavy atom. The number of carbonyl (C=O) groups excluding carboxylic acids is 2. The maximum absolute atomic E-state index is 13.5. The molecule has 35 heavy (non-hydrogen) atoms. The number of methoxy groups -OCH3 is 1. The molecule has 2 heterocycles. The van der Waals surface area contributed by atoms with Crippen molar-refractivity contribution in [1.29, 1.82) is 0 Å². The fourth-order valence-electron chi connectivity index (χ4n) is 4.14. The third-order valence-corrected chi connectivity index (χ3v) is 5.96. The van der Waals surface area contributed by atoms with Crippen LogP contribution in [0.25, 0.3) is 0 Å². The van der Waals surface area contributed by atoms with Gasteiger partial charge in [0.25, 0.3) is 5.91 Å². The topological polar surface area (TPSA) is 101 Å². The molecule has 0 saturated heterocycles. The number of amides is 2. The molecule has 2 aromatic carbocycles. The molecule has 2 N–H and O–H groups in total. The summed E-state index contributed by atoms with van der Waals surface area (Å²) in [5.74, 6) is -0.377. The molecule has 2 amide bonds. The van der Waals surface area contributed by atoms with Crippen molar-refractivity contribution >= 4 is 29.1 Å². The van der Waals surface area contributed by atoms with Crippen LogP contribution in [0.3, 0.4) is 0 Å². The zero-order valence-corrected chi connectivity index (χ0v) is 19.3. The normalized spacial score (nSPS) is 11.9. The van der Waals surface area contributed by atoms with Crippen LogP contribution in [0.5, 0.6) is 5.75 Å². The van der Waals surface area contributed by atoms with E-state index in [0.29, 0.717) is 22.6 Å². The molecule has 0 bridgehead atoms. The number of aromatic hydroxyl groups is 1. The van der Waals surface area contributed by atoms with Crippen molar-refractivity contribution < 1.29 is 19.4 Å². The van der Waals surface area contributed by atoms with Crippen molar-refractivity contribution in [2.24, 2.45) is 0 Å². The molecule has 0 aliphatic rings. The second-order valence-electron chi connectivity index (χ2n) is 7.88. The van der Waals surface area contributed by atoms with Crippen LogP contribution >= 0.6 is 0 Å². The second-order valence-corrected chi connectivity index (χ2v) is 7.88. The van der Waals surface area contributed by atoms with Crippen LogP contribution in [0.2, 0.25) is 0 Å². The lowest BCUT2D eigenvalue weighted by atomic mass is 10.0. The van der Waals surface area contributed by atoms with Crippen LogP contribution in [0.4, 0.5) is 21.9 Å². The summed E-state index contributed by atoms with van der Waals surface area (Å²) in [5, 5.41) is 12.6. The predicted octanol–water partition coefficient (Wildman–Crippen LogP) is 5.60. The van der Waals surface area contributed by atoms with E-state index in [1.807, 2.05) is 19.1 Å². The van der Waals surface area contributed by atoms with E-state index in [-0.39, 0.29) is 16.1 Å². The first kappa shape index (κ1) is 23.6. The van der Waals surface area contributed by atoms with Gasteiger partial charge >= 0.3 is 6.09 Å². The van der Waals surface area contributed by atoms with E-state index in [4.69, 9.17) is 4.74 Å². The summed E-state index contributed by atoms with van der Waals surface area (Å²) in [5.41, 5.74) is 2.75. The van der Waals surface area contributed by atoms with Crippen molar-refractivity contribution in [3.05, 3.63) is 109 Å². The van der Waals surface area contributed by atoms with Crippen molar-refractivity contribution in [1.82, 2.24) is 14.5 Å². The molecule has 2 aromatic heterocycles. The van der Waals surface area contributed by atoms with E-state index >= 15 is 0 Å². The SMILES string of the molecule is COC(=O)[N+](c1cccnc1)(c1cccnc1)C(C)c1ccc(C(=O)Nc2ccccc2O)cc1. The van der Waals surface area contributed by atoms with Crippen molar-refractivity contribution in [2.45, 2.75) is 13.0 Å². The summed E-state index contributed by atoms with van der Waals surface area (Å²) in [6.45, 7) is 1.91. The van der Waals surface area contributed by atoms with Gasteiger partial charge in [-0.2, -0.15) is 4.79 Å². The number of phenolic OH excluding ortho intramolecular Hbond substituents is 1. The number of para-hydroxylation sites is 2. The highest BCUT2D eigenvalue weighted by atomic mass is 16.5. The molecular weight excluding hydrogens is 444 g/mol. The average molecular weight is 470 g/mol. The highest BCUT2D eigenvalue weighted by Crippen LogP contribution is 2.44. The highest BCUT2D eigenvalue weighted by molar-refractivity contribution is 6.05. The summed E-state index contributed by atoms with van der Waals surface area (Å²) < 4.78 is 4.99. The maximum Gasteiger partial charge on any atom is 0.526 e. The Labute approximate surface area is 203 Å². The summed E-state index contributed by atoms with van der Waals surface area (Å²) in [7, 11) is 1.35. The average Bonchev–Trinajstić information content (AvgIpc) is 2.91. The van der Waals surface area contributed by atoms with Crippen molar-refractivity contribution in [3.8, 4) is 5.75 Å². The highest BCUT2D eigenvalue weighted by Gasteiger charge is 2.49. The van der Waals surface area contributed by atoms with Gasteiger partial charge in [-0.1, -0.05) is 24.3 Å². The Kier molecular flexibility index (Phi) is 6.84. The molecule has 0 aliphatic carbocycles. The molecular formula is C27H25N4O4+. The van der Waals surface area contributed by atoms with E-state index in [9.17, 15) is 14.7 Å². The van der Waals surface area contributed by atoms with Gasteiger partial charge in [0, 0.05) is 35.7 Å². The van der Waals surface area contributed by atoms with E-state index in [1.165, 1.54) is 13.2 Å². The minimum Gasteiger partial charge on any atom is -0.506 e. The first-order chi connectivity index (χ1) is 17.0. The smallest absolute Gasteiger partial charge is 0.506 e. The quantitative estimate of drug-likeness (QED) is 0.282. The summed E-state index contributed by atoms with van der Waals surface area (Å²) in [6.07, 6.45) is 6.05. The Balaban J connectivity index is 1.74. The Hall–Kier alpha value is -4.56. The Morgan fingerprint density at radius 1 is 0.886 bits per heavy atom. The first-order valence-electron chi connectivity index (χ1n) is 11.0. The van der Waals surface area contributed by atoms with Gasteiger partial charge in [-0.25, -0.2) is 0 Å². The molecule has 8 nitrogen and oxygen atoms in total. The zero-order valence-electron chi connectivity index (χ0n) is 19.3. The number of aromatic nitrogens is 2. The lowest BCUT2D eigenvalue weighted by molar-refractivity contribution is 0.102. The number of nitrogens with one attached hydrogen (secondary N) is 1. The molecule has 0 radical (unpaired) electrons. The number of carbonyl (C=O) groups is 2. The Morgan fingerprint density at radius 3 is 2.00 bits per heavy atom. The number of pyridine rings is 2. The molecule has 1 unspecified atom stereocenters. The fourth-order valence-corrected chi connectivity index (χ4v) is 4.14. The van der Waals surface area contributed by atoms with E-state index in [0.717, 1.165) is 5.56 Å². The molecule has 0 spiro atoms. The summed E-state index contributed by atoms with van der Waals surface area (Å²) in [6, 6.07) is 20.2. The van der Waals surface area contributed by atoms with Gasteiger partial charge in [0.15, 0.2) is 11.4 Å². The number of hydrogen-bond acceptors (Lipinski definition) is 6. The van der Waals surface area contributed by atoms with Crippen LogP contribution < -0.4 is 9.80 Å². The number of quaternary nitrogens is 1. The van der Waals surface area contributed by atoms with Crippen molar-refractivity contribution in [3.63, 3.8) is 0 Å². The van der Waals surface area contributed by atoms with Gasteiger partial charge in [0.1, 0.15) is 11.8 Å². The standard InChI is InChI=1S/C27H24N4O4/c1-19(20-11-13-21(14-12-20)26(33)30-24-9-3-4-10-25(24)32)31(27(34)35-2,22-7-5-15-28-17-22)23-8-6-16-29-18-23/h3-19H,1-2H3,(H-,30,32,33)/p+1. The fraction of sp³-hybridized carbons (Fsp3) is 0.111. The monoisotopic (exact) mass is 469 g/mol. The minimum atomic E-state index is -0.500. The second kappa shape index (κ2) is 10.1. The van der Waals surface area contributed by atoms with Gasteiger partial charge in [0.05, 0.1) is 25.2 Å². The molecule has 1 atom stereocenters. The molecule has 0 fully saturated rings. The van der Waals surface area contributed by atoms with Gasteiger partial charge in [-0.3, -0.25) is 14.8 Å². The number of nitrogens with zero attached hydrogens (tertiary/aromatic N) is 3. The molecule has 176 valence electrons. The van der Waals surface area contributed by atoms with Gasteiger partial charge in [-0.15, -0.1) is 4.48 Å². The van der Waals surface area contributed by atoms with Gasteiger partial charge in [-0.05, 0) is 43.3 Å². The summed E-state index contributed by atoms with van der Waals surface area (Å²) >= 11 is 0.